The Morgan fingerprint density at radius 2 is 2.00 bits per heavy atom. The molecule has 0 amide bonds. The lowest BCUT2D eigenvalue weighted by atomic mass is 9.70. The van der Waals surface area contributed by atoms with Gasteiger partial charge in [0.2, 0.25) is 0 Å². The lowest BCUT2D eigenvalue weighted by Crippen LogP contribution is -2.35. The molecule has 0 aromatic carbocycles. The van der Waals surface area contributed by atoms with Crippen LogP contribution in [-0.2, 0) is 0 Å². The van der Waals surface area contributed by atoms with Crippen LogP contribution in [0.25, 0.3) is 0 Å². The normalized spacial score (nSPS) is 37.3. The molecule has 42 valence electrons. The van der Waals surface area contributed by atoms with Gasteiger partial charge in [-0.2, -0.15) is 0 Å². The second-order valence-electron chi connectivity index (χ2n) is 2.99. The Balaban J connectivity index is 2.43. The zero-order valence-corrected chi connectivity index (χ0v) is 4.87. The minimum atomic E-state index is -0.521. The predicted molar refractivity (Wildman–Crippen MR) is 27.9 cm³/mol. The van der Waals surface area contributed by atoms with Crippen LogP contribution in [0.15, 0.2) is 0 Å². The van der Waals surface area contributed by atoms with Crippen molar-refractivity contribution in [3.05, 3.63) is 0 Å². The summed E-state index contributed by atoms with van der Waals surface area (Å²) in [7, 11) is 0. The summed E-state index contributed by atoms with van der Waals surface area (Å²) < 4.78 is 12.3. The highest BCUT2D eigenvalue weighted by molar-refractivity contribution is 4.88. The van der Waals surface area contributed by atoms with Crippen LogP contribution in [0.4, 0.5) is 4.39 Å². The van der Waals surface area contributed by atoms with Crippen molar-refractivity contribution in [1.82, 2.24) is 0 Å². The van der Waals surface area contributed by atoms with E-state index in [0.29, 0.717) is 0 Å². The Hall–Kier alpha value is -0.0700. The molecule has 1 atom stereocenters. The molecular formula is C6H11F. The number of halogens is 1. The molecule has 0 aromatic heterocycles. The van der Waals surface area contributed by atoms with Crippen molar-refractivity contribution in [3.8, 4) is 0 Å². The molecule has 1 aliphatic carbocycles. The molecule has 0 nitrogen and oxygen atoms in total. The highest BCUT2D eigenvalue weighted by Gasteiger charge is 2.38. The standard InChI is InChI=1S/C6H11F/c1-6(2)4-3-5(6)7/h5H,3-4H2,1-2H3. The summed E-state index contributed by atoms with van der Waals surface area (Å²) in [6, 6.07) is 0. The molecule has 1 aliphatic rings. The second kappa shape index (κ2) is 1.21. The third-order valence-corrected chi connectivity index (χ3v) is 1.89. The van der Waals surface area contributed by atoms with Crippen LogP contribution in [0, 0.1) is 5.41 Å². The predicted octanol–water partition coefficient (Wildman–Crippen LogP) is 2.14. The summed E-state index contributed by atoms with van der Waals surface area (Å²) in [5, 5.41) is 0. The van der Waals surface area contributed by atoms with E-state index in [1.54, 1.807) is 0 Å². The minimum absolute atomic E-state index is 0.0139. The number of alkyl halides is 1. The van der Waals surface area contributed by atoms with Crippen LogP contribution in [0.1, 0.15) is 26.7 Å². The van der Waals surface area contributed by atoms with Crippen LogP contribution < -0.4 is 0 Å². The van der Waals surface area contributed by atoms with E-state index in [4.69, 9.17) is 0 Å². The van der Waals surface area contributed by atoms with Crippen LogP contribution >= 0.6 is 0 Å². The molecule has 0 spiro atoms. The molecule has 0 saturated heterocycles. The van der Waals surface area contributed by atoms with Gasteiger partial charge in [0.25, 0.3) is 0 Å². The fourth-order valence-corrected chi connectivity index (χ4v) is 0.831. The Kier molecular flexibility index (Phi) is 0.875. The van der Waals surface area contributed by atoms with Crippen molar-refractivity contribution in [2.75, 3.05) is 0 Å². The SMILES string of the molecule is CC1(C)CCC1F. The summed E-state index contributed by atoms with van der Waals surface area (Å²) >= 11 is 0. The zero-order chi connectivity index (χ0) is 5.49. The molecule has 1 unspecified atom stereocenters. The van der Waals surface area contributed by atoms with E-state index in [0.717, 1.165) is 12.8 Å². The highest BCUT2D eigenvalue weighted by atomic mass is 19.1. The number of hydrogen-bond donors (Lipinski definition) is 0. The maximum absolute atomic E-state index is 12.3. The van der Waals surface area contributed by atoms with Gasteiger partial charge in [-0.1, -0.05) is 13.8 Å². The highest BCUT2D eigenvalue weighted by Crippen LogP contribution is 2.42. The van der Waals surface area contributed by atoms with Crippen LogP contribution in [0.2, 0.25) is 0 Å². The van der Waals surface area contributed by atoms with E-state index in [2.05, 4.69) is 0 Å². The maximum Gasteiger partial charge on any atom is 0.105 e. The zero-order valence-electron chi connectivity index (χ0n) is 4.87. The smallest absolute Gasteiger partial charge is 0.105 e. The van der Waals surface area contributed by atoms with E-state index < -0.39 is 6.17 Å². The third kappa shape index (κ3) is 0.644. The first-order chi connectivity index (χ1) is 3.13. The number of rotatable bonds is 0. The first kappa shape index (κ1) is 5.07. The molecule has 0 aromatic rings. The van der Waals surface area contributed by atoms with Gasteiger partial charge in [0, 0.05) is 0 Å². The molecular weight excluding hydrogens is 91.1 g/mol. The van der Waals surface area contributed by atoms with Crippen LogP contribution in [-0.4, -0.2) is 6.17 Å². The second-order valence-corrected chi connectivity index (χ2v) is 2.99. The fraction of sp³-hybridized carbons (Fsp3) is 1.00. The van der Waals surface area contributed by atoms with Gasteiger partial charge < -0.3 is 0 Å². The molecule has 0 N–H and O–H groups in total. The monoisotopic (exact) mass is 102 g/mol. The Bertz CT molecular complexity index is 76.2. The molecule has 1 heteroatoms. The maximum atomic E-state index is 12.3. The summed E-state index contributed by atoms with van der Waals surface area (Å²) in [4.78, 5) is 0. The Morgan fingerprint density at radius 3 is 2.00 bits per heavy atom. The lowest BCUT2D eigenvalue weighted by Gasteiger charge is -2.38. The first-order valence-electron chi connectivity index (χ1n) is 2.77. The van der Waals surface area contributed by atoms with Gasteiger partial charge in [0.05, 0.1) is 0 Å². The molecule has 0 bridgehead atoms. The quantitative estimate of drug-likeness (QED) is 0.439. The topological polar surface area (TPSA) is 0 Å². The summed E-state index contributed by atoms with van der Waals surface area (Å²) in [6.45, 7) is 3.95. The van der Waals surface area contributed by atoms with Gasteiger partial charge in [-0.25, -0.2) is 4.39 Å². The molecule has 7 heavy (non-hydrogen) atoms. The minimum Gasteiger partial charge on any atom is -0.247 e. The first-order valence-corrected chi connectivity index (χ1v) is 2.77. The van der Waals surface area contributed by atoms with Crippen molar-refractivity contribution in [2.45, 2.75) is 32.9 Å². The van der Waals surface area contributed by atoms with Gasteiger partial charge in [-0.05, 0) is 18.3 Å². The van der Waals surface area contributed by atoms with Gasteiger partial charge in [0.15, 0.2) is 0 Å². The van der Waals surface area contributed by atoms with E-state index in [1.807, 2.05) is 13.8 Å². The lowest BCUT2D eigenvalue weighted by molar-refractivity contribution is 0.0320. The molecule has 0 radical (unpaired) electrons. The summed E-state index contributed by atoms with van der Waals surface area (Å²) in [5.41, 5.74) is 0.0139. The van der Waals surface area contributed by atoms with E-state index in [9.17, 15) is 4.39 Å². The van der Waals surface area contributed by atoms with E-state index in [-0.39, 0.29) is 5.41 Å². The third-order valence-electron chi connectivity index (χ3n) is 1.89. The van der Waals surface area contributed by atoms with Crippen molar-refractivity contribution >= 4 is 0 Å². The molecule has 1 rings (SSSR count). The summed E-state index contributed by atoms with van der Waals surface area (Å²) in [5.74, 6) is 0. The molecule has 1 fully saturated rings. The van der Waals surface area contributed by atoms with Crippen molar-refractivity contribution in [2.24, 2.45) is 5.41 Å². The van der Waals surface area contributed by atoms with E-state index in [1.165, 1.54) is 0 Å². The average molecular weight is 102 g/mol. The number of hydrogen-bond acceptors (Lipinski definition) is 0. The fourth-order valence-electron chi connectivity index (χ4n) is 0.831. The van der Waals surface area contributed by atoms with Crippen molar-refractivity contribution < 1.29 is 4.39 Å². The van der Waals surface area contributed by atoms with Crippen LogP contribution in [0.5, 0.6) is 0 Å². The van der Waals surface area contributed by atoms with Gasteiger partial charge in [0.1, 0.15) is 6.17 Å². The molecule has 0 heterocycles. The van der Waals surface area contributed by atoms with E-state index >= 15 is 0 Å². The largest absolute Gasteiger partial charge is 0.247 e. The average Bonchev–Trinajstić information content (AvgIpc) is 1.63. The van der Waals surface area contributed by atoms with Crippen molar-refractivity contribution in [3.63, 3.8) is 0 Å². The molecule has 1 saturated carbocycles. The van der Waals surface area contributed by atoms with Crippen LogP contribution in [0.3, 0.4) is 0 Å². The van der Waals surface area contributed by atoms with Gasteiger partial charge in [-0.15, -0.1) is 0 Å². The summed E-state index contributed by atoms with van der Waals surface area (Å²) in [6.07, 6.45) is 1.33. The Morgan fingerprint density at radius 1 is 1.57 bits per heavy atom. The Labute approximate surface area is 43.7 Å². The van der Waals surface area contributed by atoms with Crippen molar-refractivity contribution in [1.29, 1.82) is 0 Å². The molecule has 0 aliphatic heterocycles. The van der Waals surface area contributed by atoms with Gasteiger partial charge in [-0.3, -0.25) is 0 Å². The van der Waals surface area contributed by atoms with Gasteiger partial charge >= 0.3 is 0 Å².